The minimum atomic E-state index is -2.95. The number of rotatable bonds is 3. The van der Waals surface area contributed by atoms with E-state index in [4.69, 9.17) is 0 Å². The van der Waals surface area contributed by atoms with Crippen molar-refractivity contribution in [2.24, 2.45) is 5.41 Å². The topological polar surface area (TPSA) is 34.1 Å². The van der Waals surface area contributed by atoms with Gasteiger partial charge in [0.15, 0.2) is 0 Å². The summed E-state index contributed by atoms with van der Waals surface area (Å²) in [5.41, 5.74) is -0.122. The molecule has 126 valence electrons. The number of ketones is 1. The van der Waals surface area contributed by atoms with Crippen LogP contribution in [0.1, 0.15) is 40.0 Å². The summed E-state index contributed by atoms with van der Waals surface area (Å²) >= 11 is 0. The van der Waals surface area contributed by atoms with E-state index in [2.05, 4.69) is 13.8 Å². The van der Waals surface area contributed by atoms with Gasteiger partial charge in [-0.3, -0.25) is 4.79 Å². The van der Waals surface area contributed by atoms with Gasteiger partial charge in [0.1, 0.15) is 12.9 Å². The van der Waals surface area contributed by atoms with Crippen molar-refractivity contribution in [2.75, 3.05) is 0 Å². The fraction of sp³-hybridized carbons (Fsp3) is 0.381. The predicted octanol–water partition coefficient (Wildman–Crippen LogP) is 4.54. The van der Waals surface area contributed by atoms with Crippen LogP contribution in [-0.4, -0.2) is 10.9 Å². The molecule has 2 aromatic carbocycles. The highest BCUT2D eigenvalue weighted by molar-refractivity contribution is 7.80. The molecule has 1 aliphatic carbocycles. The van der Waals surface area contributed by atoms with E-state index in [0.717, 1.165) is 17.0 Å². The fourth-order valence-electron chi connectivity index (χ4n) is 4.45. The Balaban J connectivity index is 2.23. The van der Waals surface area contributed by atoms with E-state index >= 15 is 0 Å². The van der Waals surface area contributed by atoms with Gasteiger partial charge in [0.25, 0.3) is 0 Å². The first-order chi connectivity index (χ1) is 11.3. The first kappa shape index (κ1) is 17.2. The first-order valence-corrected chi connectivity index (χ1v) is 10.2. The molecule has 0 radical (unpaired) electrons. The monoisotopic (exact) mass is 340 g/mol. The van der Waals surface area contributed by atoms with Gasteiger partial charge in [0.05, 0.1) is 0 Å². The average Bonchev–Trinajstić information content (AvgIpc) is 2.53. The lowest BCUT2D eigenvalue weighted by Crippen LogP contribution is -2.45. The number of carbonyl (C=O) groups excluding carboxylic acids is 1. The Kier molecular flexibility index (Phi) is 4.30. The standard InChI is InChI=1S/C21H25O2P/c1-20(2)14-17(22)15-21(3,16-20)24(23,18-10-6-4-7-11-18)19-12-8-5-9-13-19/h4-13H,14-16H2,1-3H3. The van der Waals surface area contributed by atoms with Gasteiger partial charge in [-0.15, -0.1) is 0 Å². The molecule has 0 N–H and O–H groups in total. The summed E-state index contributed by atoms with van der Waals surface area (Å²) in [6, 6.07) is 19.4. The van der Waals surface area contributed by atoms with Crippen LogP contribution in [0.25, 0.3) is 0 Å². The van der Waals surface area contributed by atoms with E-state index in [1.807, 2.05) is 67.6 Å². The zero-order valence-electron chi connectivity index (χ0n) is 14.7. The molecular weight excluding hydrogens is 315 g/mol. The van der Waals surface area contributed by atoms with E-state index in [1.54, 1.807) is 0 Å². The third-order valence-corrected chi connectivity index (χ3v) is 9.00. The first-order valence-electron chi connectivity index (χ1n) is 8.50. The minimum Gasteiger partial charge on any atom is -0.313 e. The normalized spacial score (nSPS) is 23.9. The van der Waals surface area contributed by atoms with Crippen LogP contribution in [-0.2, 0) is 9.36 Å². The van der Waals surface area contributed by atoms with Crippen LogP contribution < -0.4 is 10.6 Å². The zero-order valence-corrected chi connectivity index (χ0v) is 15.6. The molecule has 3 heteroatoms. The fourth-order valence-corrected chi connectivity index (χ4v) is 8.23. The van der Waals surface area contributed by atoms with Crippen LogP contribution in [0.3, 0.4) is 0 Å². The third-order valence-electron chi connectivity index (χ3n) is 5.11. The van der Waals surface area contributed by atoms with Crippen molar-refractivity contribution < 1.29 is 9.36 Å². The molecule has 1 atom stereocenters. The smallest absolute Gasteiger partial charge is 0.149 e. The summed E-state index contributed by atoms with van der Waals surface area (Å²) in [5, 5.41) is 1.16. The largest absolute Gasteiger partial charge is 0.313 e. The van der Waals surface area contributed by atoms with Crippen LogP contribution in [0.2, 0.25) is 0 Å². The van der Waals surface area contributed by atoms with Crippen molar-refractivity contribution in [3.8, 4) is 0 Å². The molecule has 0 amide bonds. The SMILES string of the molecule is CC1(C)CC(=O)CC(C)(P(=O)(c2ccccc2)c2ccccc2)C1. The van der Waals surface area contributed by atoms with Crippen molar-refractivity contribution in [3.63, 3.8) is 0 Å². The van der Waals surface area contributed by atoms with Crippen LogP contribution in [0.4, 0.5) is 0 Å². The Morgan fingerprint density at radius 3 is 1.67 bits per heavy atom. The second-order valence-electron chi connectivity index (χ2n) is 8.01. The number of benzene rings is 2. The molecule has 1 saturated carbocycles. The summed E-state index contributed by atoms with van der Waals surface area (Å²) in [6.07, 6.45) is 1.75. The number of hydrogen-bond acceptors (Lipinski definition) is 2. The van der Waals surface area contributed by atoms with E-state index < -0.39 is 12.3 Å². The van der Waals surface area contributed by atoms with Gasteiger partial charge in [-0.1, -0.05) is 81.4 Å². The van der Waals surface area contributed by atoms with Crippen LogP contribution in [0.15, 0.2) is 60.7 Å². The molecule has 0 aliphatic heterocycles. The molecule has 1 aliphatic rings. The molecule has 0 heterocycles. The Hall–Kier alpha value is -1.66. The summed E-state index contributed by atoms with van der Waals surface area (Å²) in [6.45, 7) is 6.28. The van der Waals surface area contributed by atoms with Crippen LogP contribution in [0, 0.1) is 5.41 Å². The molecule has 0 saturated heterocycles. The quantitative estimate of drug-likeness (QED) is 0.769. The van der Waals surface area contributed by atoms with E-state index in [1.165, 1.54) is 0 Å². The summed E-state index contributed by atoms with van der Waals surface area (Å²) in [7, 11) is -2.95. The Bertz CT molecular complexity index is 737. The molecule has 3 rings (SSSR count). The molecule has 1 fully saturated rings. The Labute approximate surface area is 144 Å². The molecule has 0 aromatic heterocycles. The van der Waals surface area contributed by atoms with Crippen LogP contribution in [0.5, 0.6) is 0 Å². The maximum Gasteiger partial charge on any atom is 0.149 e. The Morgan fingerprint density at radius 2 is 1.25 bits per heavy atom. The number of hydrogen-bond donors (Lipinski definition) is 0. The Morgan fingerprint density at radius 1 is 0.792 bits per heavy atom. The predicted molar refractivity (Wildman–Crippen MR) is 101 cm³/mol. The highest BCUT2D eigenvalue weighted by atomic mass is 31.2. The highest BCUT2D eigenvalue weighted by Gasteiger charge is 2.52. The van der Waals surface area contributed by atoms with Gasteiger partial charge in [0, 0.05) is 28.6 Å². The second kappa shape index (κ2) is 6.01. The molecule has 2 nitrogen and oxygen atoms in total. The van der Waals surface area contributed by atoms with Crippen LogP contribution >= 0.6 is 7.14 Å². The van der Waals surface area contributed by atoms with Crippen molar-refractivity contribution >= 4 is 23.5 Å². The van der Waals surface area contributed by atoms with E-state index in [-0.39, 0.29) is 11.2 Å². The average molecular weight is 340 g/mol. The lowest BCUT2D eigenvalue weighted by atomic mass is 9.72. The van der Waals surface area contributed by atoms with E-state index in [9.17, 15) is 9.36 Å². The van der Waals surface area contributed by atoms with Crippen molar-refractivity contribution in [1.29, 1.82) is 0 Å². The number of carbonyl (C=O) groups is 1. The summed E-state index contributed by atoms with van der Waals surface area (Å²) < 4.78 is 14.6. The minimum absolute atomic E-state index is 0.122. The highest BCUT2D eigenvalue weighted by Crippen LogP contribution is 2.63. The zero-order chi connectivity index (χ0) is 17.4. The van der Waals surface area contributed by atoms with E-state index in [0.29, 0.717) is 12.8 Å². The van der Waals surface area contributed by atoms with Gasteiger partial charge in [-0.2, -0.15) is 0 Å². The molecule has 1 unspecified atom stereocenters. The van der Waals surface area contributed by atoms with Gasteiger partial charge in [0.2, 0.25) is 0 Å². The van der Waals surface area contributed by atoms with Crippen molar-refractivity contribution in [1.82, 2.24) is 0 Å². The maximum absolute atomic E-state index is 14.6. The summed E-state index contributed by atoms with van der Waals surface area (Å²) in [5.74, 6) is 0.223. The maximum atomic E-state index is 14.6. The van der Waals surface area contributed by atoms with Gasteiger partial charge < -0.3 is 4.57 Å². The lowest BCUT2D eigenvalue weighted by molar-refractivity contribution is -0.123. The molecule has 0 bridgehead atoms. The summed E-state index contributed by atoms with van der Waals surface area (Å²) in [4.78, 5) is 12.5. The molecule has 0 spiro atoms. The van der Waals surface area contributed by atoms with Gasteiger partial charge in [-0.05, 0) is 11.8 Å². The van der Waals surface area contributed by atoms with Gasteiger partial charge >= 0.3 is 0 Å². The molecular formula is C21H25O2P. The molecule has 24 heavy (non-hydrogen) atoms. The molecule has 2 aromatic rings. The third kappa shape index (κ3) is 2.89. The lowest BCUT2D eigenvalue weighted by Gasteiger charge is -2.46. The van der Waals surface area contributed by atoms with Crippen molar-refractivity contribution in [3.05, 3.63) is 60.7 Å². The second-order valence-corrected chi connectivity index (χ2v) is 11.3. The van der Waals surface area contributed by atoms with Gasteiger partial charge in [-0.25, -0.2) is 0 Å². The van der Waals surface area contributed by atoms with Crippen molar-refractivity contribution in [2.45, 2.75) is 45.2 Å². The number of Topliss-reactive ketones (excluding diaryl/α,β-unsaturated/α-hetero) is 1.